The quantitative estimate of drug-likeness (QED) is 0.394. The van der Waals surface area contributed by atoms with Crippen molar-refractivity contribution >= 4 is 5.91 Å². The number of nitrogens with one attached hydrogen (secondary N) is 1. The van der Waals surface area contributed by atoms with Crippen molar-refractivity contribution in [1.29, 1.82) is 0 Å². The second-order valence-electron chi connectivity index (χ2n) is 9.74. The second-order valence-corrected chi connectivity index (χ2v) is 9.74. The van der Waals surface area contributed by atoms with E-state index in [2.05, 4.69) is 34.5 Å². The fourth-order valence-corrected chi connectivity index (χ4v) is 5.19. The second kappa shape index (κ2) is 10.6. The van der Waals surface area contributed by atoms with Crippen LogP contribution in [0.4, 0.5) is 0 Å². The lowest BCUT2D eigenvalue weighted by Gasteiger charge is -2.28. The predicted molar refractivity (Wildman–Crippen MR) is 143 cm³/mol. The molecule has 1 N–H and O–H groups in total. The van der Waals surface area contributed by atoms with Gasteiger partial charge in [-0.15, -0.1) is 0 Å². The molecule has 2 aliphatic heterocycles. The summed E-state index contributed by atoms with van der Waals surface area (Å²) in [5.41, 5.74) is 4.97. The molecule has 3 aromatic carbocycles. The Morgan fingerprint density at radius 1 is 0.816 bits per heavy atom. The number of nitrogens with zero attached hydrogens (tertiary/aromatic N) is 3. The molecule has 2 aliphatic rings. The van der Waals surface area contributed by atoms with E-state index in [1.54, 1.807) is 4.68 Å². The Morgan fingerprint density at radius 2 is 1.53 bits per heavy atom. The molecule has 8 heteroatoms. The minimum Gasteiger partial charge on any atom is -0.454 e. The van der Waals surface area contributed by atoms with Crippen molar-refractivity contribution in [3.05, 3.63) is 117 Å². The molecular formula is C30H30N4O4. The van der Waals surface area contributed by atoms with Crippen molar-refractivity contribution in [3.63, 3.8) is 0 Å². The lowest BCUT2D eigenvalue weighted by atomic mass is 10.1. The van der Waals surface area contributed by atoms with E-state index >= 15 is 0 Å². The minimum absolute atomic E-state index is 0.0398. The average Bonchev–Trinajstić information content (AvgIpc) is 3.51. The van der Waals surface area contributed by atoms with Gasteiger partial charge in [0.05, 0.1) is 12.2 Å². The van der Waals surface area contributed by atoms with Crippen LogP contribution in [0.25, 0.3) is 0 Å². The van der Waals surface area contributed by atoms with Crippen LogP contribution < -0.4 is 20.3 Å². The van der Waals surface area contributed by atoms with Crippen LogP contribution in [-0.2, 0) is 43.9 Å². The zero-order valence-corrected chi connectivity index (χ0v) is 21.1. The Bertz CT molecular complexity index is 1490. The van der Waals surface area contributed by atoms with E-state index in [-0.39, 0.29) is 24.8 Å². The average molecular weight is 511 g/mol. The fourth-order valence-electron chi connectivity index (χ4n) is 5.19. The van der Waals surface area contributed by atoms with Gasteiger partial charge in [0.1, 0.15) is 6.54 Å². The Hall–Kier alpha value is -4.30. The SMILES string of the molecule is O=C(Cn1c(=O)c2c(n1Cc1ccccc1)CN(Cc1ccccc1)CC2)NCc1ccc2c(c1)OCO2. The number of hydrogen-bond acceptors (Lipinski definition) is 5. The van der Waals surface area contributed by atoms with E-state index < -0.39 is 0 Å². The zero-order chi connectivity index (χ0) is 25.9. The molecule has 0 atom stereocenters. The molecule has 3 heterocycles. The first kappa shape index (κ1) is 24.1. The highest BCUT2D eigenvalue weighted by Crippen LogP contribution is 2.32. The summed E-state index contributed by atoms with van der Waals surface area (Å²) in [6.45, 7) is 3.33. The molecule has 1 aromatic heterocycles. The number of amides is 1. The van der Waals surface area contributed by atoms with Gasteiger partial charge in [-0.1, -0.05) is 66.7 Å². The molecule has 1 amide bonds. The molecule has 0 unspecified atom stereocenters. The lowest BCUT2D eigenvalue weighted by Crippen LogP contribution is -2.34. The predicted octanol–water partition coefficient (Wildman–Crippen LogP) is 3.30. The molecule has 6 rings (SSSR count). The third-order valence-corrected chi connectivity index (χ3v) is 7.14. The summed E-state index contributed by atoms with van der Waals surface area (Å²) in [4.78, 5) is 28.9. The number of carbonyl (C=O) groups is 1. The number of fused-ring (bicyclic) bond motifs is 2. The van der Waals surface area contributed by atoms with Crippen LogP contribution in [0.5, 0.6) is 11.5 Å². The van der Waals surface area contributed by atoms with E-state index in [0.29, 0.717) is 37.6 Å². The number of carbonyl (C=O) groups excluding carboxylic acids is 1. The lowest BCUT2D eigenvalue weighted by molar-refractivity contribution is -0.122. The Kier molecular flexibility index (Phi) is 6.71. The van der Waals surface area contributed by atoms with Crippen molar-refractivity contribution in [2.45, 2.75) is 39.1 Å². The van der Waals surface area contributed by atoms with Gasteiger partial charge >= 0.3 is 0 Å². The summed E-state index contributed by atoms with van der Waals surface area (Å²) >= 11 is 0. The normalized spacial score (nSPS) is 14.3. The molecule has 0 spiro atoms. The standard InChI is InChI=1S/C30H30N4O4/c35-29(31-16-24-11-12-27-28(15-24)38-21-37-27)20-34-30(36)25-13-14-32(17-22-7-3-1-4-8-22)19-26(25)33(34)18-23-9-5-2-6-10-23/h1-12,15H,13-14,16-21H2,(H,31,35). The van der Waals surface area contributed by atoms with Crippen LogP contribution in [0.3, 0.4) is 0 Å². The molecule has 0 saturated heterocycles. The van der Waals surface area contributed by atoms with Crippen molar-refractivity contribution in [2.75, 3.05) is 13.3 Å². The van der Waals surface area contributed by atoms with E-state index in [4.69, 9.17) is 9.47 Å². The Balaban J connectivity index is 1.23. The maximum absolute atomic E-state index is 13.5. The molecule has 0 fully saturated rings. The van der Waals surface area contributed by atoms with Gasteiger partial charge in [-0.25, -0.2) is 4.68 Å². The van der Waals surface area contributed by atoms with Gasteiger partial charge in [-0.2, -0.15) is 0 Å². The fraction of sp³-hybridized carbons (Fsp3) is 0.267. The Labute approximate surface area is 221 Å². The van der Waals surface area contributed by atoms with Crippen LogP contribution in [0.15, 0.2) is 83.7 Å². The third-order valence-electron chi connectivity index (χ3n) is 7.14. The maximum atomic E-state index is 13.5. The molecule has 8 nitrogen and oxygen atoms in total. The van der Waals surface area contributed by atoms with Crippen LogP contribution in [0.2, 0.25) is 0 Å². The Morgan fingerprint density at radius 3 is 2.29 bits per heavy atom. The van der Waals surface area contributed by atoms with Crippen molar-refractivity contribution in [1.82, 2.24) is 19.6 Å². The van der Waals surface area contributed by atoms with Crippen LogP contribution >= 0.6 is 0 Å². The summed E-state index contributed by atoms with van der Waals surface area (Å²) in [6, 6.07) is 26.0. The molecule has 194 valence electrons. The molecule has 0 bridgehead atoms. The van der Waals surface area contributed by atoms with E-state index in [1.807, 2.05) is 59.3 Å². The van der Waals surface area contributed by atoms with Gasteiger partial charge in [0.15, 0.2) is 11.5 Å². The summed E-state index contributed by atoms with van der Waals surface area (Å²) < 4.78 is 14.4. The molecular weight excluding hydrogens is 480 g/mol. The van der Waals surface area contributed by atoms with Crippen LogP contribution in [-0.4, -0.2) is 33.5 Å². The number of hydrogen-bond donors (Lipinski definition) is 1. The number of aromatic nitrogens is 2. The molecule has 0 radical (unpaired) electrons. The van der Waals surface area contributed by atoms with Gasteiger partial charge in [-0.05, 0) is 35.2 Å². The first-order valence-electron chi connectivity index (χ1n) is 12.9. The first-order chi connectivity index (χ1) is 18.6. The monoisotopic (exact) mass is 510 g/mol. The highest BCUT2D eigenvalue weighted by molar-refractivity contribution is 5.75. The van der Waals surface area contributed by atoms with Crippen molar-refractivity contribution in [3.8, 4) is 11.5 Å². The van der Waals surface area contributed by atoms with Crippen LogP contribution in [0, 0.1) is 0 Å². The van der Waals surface area contributed by atoms with E-state index in [0.717, 1.165) is 35.5 Å². The van der Waals surface area contributed by atoms with E-state index in [9.17, 15) is 9.59 Å². The number of benzene rings is 3. The van der Waals surface area contributed by atoms with Crippen LogP contribution in [0.1, 0.15) is 27.9 Å². The maximum Gasteiger partial charge on any atom is 0.270 e. The number of rotatable bonds is 8. The zero-order valence-electron chi connectivity index (χ0n) is 21.1. The summed E-state index contributed by atoms with van der Waals surface area (Å²) in [7, 11) is 0. The van der Waals surface area contributed by atoms with Gasteiger partial charge in [0.25, 0.3) is 5.56 Å². The molecule has 4 aromatic rings. The third kappa shape index (κ3) is 5.08. The van der Waals surface area contributed by atoms with Crippen molar-refractivity contribution < 1.29 is 14.3 Å². The minimum atomic E-state index is -0.213. The largest absolute Gasteiger partial charge is 0.454 e. The highest BCUT2D eigenvalue weighted by Gasteiger charge is 2.27. The van der Waals surface area contributed by atoms with Gasteiger partial charge in [-0.3, -0.25) is 19.2 Å². The summed E-state index contributed by atoms with van der Waals surface area (Å²) in [5, 5.41) is 2.96. The smallest absolute Gasteiger partial charge is 0.270 e. The van der Waals surface area contributed by atoms with Gasteiger partial charge in [0.2, 0.25) is 12.7 Å². The molecule has 0 aliphatic carbocycles. The first-order valence-corrected chi connectivity index (χ1v) is 12.9. The summed E-state index contributed by atoms with van der Waals surface area (Å²) in [6.07, 6.45) is 0.668. The number of ether oxygens (including phenoxy) is 2. The summed E-state index contributed by atoms with van der Waals surface area (Å²) in [5.74, 6) is 1.17. The highest BCUT2D eigenvalue weighted by atomic mass is 16.7. The van der Waals surface area contributed by atoms with E-state index in [1.165, 1.54) is 5.56 Å². The van der Waals surface area contributed by atoms with Crippen molar-refractivity contribution in [2.24, 2.45) is 0 Å². The van der Waals surface area contributed by atoms with Gasteiger partial charge < -0.3 is 14.8 Å². The molecule has 38 heavy (non-hydrogen) atoms. The van der Waals surface area contributed by atoms with Gasteiger partial charge in [0, 0.05) is 31.7 Å². The molecule has 0 saturated carbocycles. The topological polar surface area (TPSA) is 77.7 Å².